The Morgan fingerprint density at radius 2 is 1.69 bits per heavy atom. The van der Waals surface area contributed by atoms with Crippen LogP contribution in [0.15, 0.2) is 82.8 Å². The van der Waals surface area contributed by atoms with Crippen LogP contribution in [0.25, 0.3) is 21.7 Å². The second-order valence-corrected chi connectivity index (χ2v) is 7.71. The smallest absolute Gasteiger partial charge is 0.282 e. The van der Waals surface area contributed by atoms with Crippen molar-refractivity contribution in [2.24, 2.45) is 5.10 Å². The third-order valence-corrected chi connectivity index (χ3v) is 5.51. The van der Waals surface area contributed by atoms with Crippen molar-refractivity contribution in [2.75, 3.05) is 0 Å². The maximum Gasteiger partial charge on any atom is 0.282 e. The molecule has 0 aliphatic carbocycles. The number of ether oxygens (including phenoxy) is 1. The van der Waals surface area contributed by atoms with Crippen LogP contribution >= 0.6 is 0 Å². The molecule has 0 atom stereocenters. The Balaban J connectivity index is 1.58. The van der Waals surface area contributed by atoms with Gasteiger partial charge in [-0.1, -0.05) is 54.6 Å². The van der Waals surface area contributed by atoms with Gasteiger partial charge in [0, 0.05) is 11.6 Å². The van der Waals surface area contributed by atoms with Crippen LogP contribution in [0.3, 0.4) is 0 Å². The summed E-state index contributed by atoms with van der Waals surface area (Å²) < 4.78 is 7.43. The van der Waals surface area contributed by atoms with E-state index >= 15 is 0 Å². The molecule has 32 heavy (non-hydrogen) atoms. The van der Waals surface area contributed by atoms with E-state index in [0.717, 1.165) is 33.3 Å². The molecule has 0 radical (unpaired) electrons. The summed E-state index contributed by atoms with van der Waals surface area (Å²) in [4.78, 5) is 21.2. The summed E-state index contributed by atoms with van der Waals surface area (Å²) in [5.41, 5.74) is 3.27. The van der Waals surface area contributed by atoms with Gasteiger partial charge in [0.25, 0.3) is 5.56 Å². The predicted molar refractivity (Wildman–Crippen MR) is 128 cm³/mol. The van der Waals surface area contributed by atoms with E-state index < -0.39 is 0 Å². The second kappa shape index (κ2) is 8.15. The Kier molecular flexibility index (Phi) is 5.03. The number of aromatic nitrogens is 3. The molecule has 158 valence electrons. The van der Waals surface area contributed by atoms with Gasteiger partial charge >= 0.3 is 0 Å². The van der Waals surface area contributed by atoms with Crippen LogP contribution in [0.5, 0.6) is 5.75 Å². The number of aromatic amines is 1. The molecule has 0 unspecified atom stereocenters. The number of nitrogens with one attached hydrogen (secondary N) is 1. The van der Waals surface area contributed by atoms with Gasteiger partial charge in [-0.2, -0.15) is 9.78 Å². The van der Waals surface area contributed by atoms with Crippen molar-refractivity contribution < 1.29 is 4.74 Å². The molecule has 0 aliphatic rings. The SMILES string of the molecule is Cc1cccc(C)c1OCc1nc2ccccc2c(=O)n1/N=C/c1[nH]cc2ccccc12. The minimum Gasteiger partial charge on any atom is -0.485 e. The molecule has 5 aromatic rings. The zero-order valence-electron chi connectivity index (χ0n) is 17.9. The van der Waals surface area contributed by atoms with Crippen molar-refractivity contribution >= 4 is 27.9 Å². The van der Waals surface area contributed by atoms with Gasteiger partial charge in [0.05, 0.1) is 22.8 Å². The Morgan fingerprint density at radius 3 is 2.50 bits per heavy atom. The van der Waals surface area contributed by atoms with E-state index in [-0.39, 0.29) is 12.2 Å². The van der Waals surface area contributed by atoms with E-state index in [4.69, 9.17) is 4.74 Å². The van der Waals surface area contributed by atoms with Crippen molar-refractivity contribution in [1.29, 1.82) is 0 Å². The first-order valence-electron chi connectivity index (χ1n) is 10.4. The zero-order chi connectivity index (χ0) is 22.1. The molecule has 2 heterocycles. The van der Waals surface area contributed by atoms with Crippen LogP contribution in [-0.2, 0) is 6.61 Å². The molecule has 0 amide bonds. The van der Waals surface area contributed by atoms with Gasteiger partial charge in [0.15, 0.2) is 5.82 Å². The van der Waals surface area contributed by atoms with Crippen LogP contribution in [0.4, 0.5) is 0 Å². The van der Waals surface area contributed by atoms with E-state index in [9.17, 15) is 4.79 Å². The summed E-state index contributed by atoms with van der Waals surface area (Å²) in [6.07, 6.45) is 3.58. The maximum absolute atomic E-state index is 13.3. The van der Waals surface area contributed by atoms with Gasteiger partial charge < -0.3 is 9.72 Å². The van der Waals surface area contributed by atoms with Gasteiger partial charge in [-0.15, -0.1) is 0 Å². The summed E-state index contributed by atoms with van der Waals surface area (Å²) in [6.45, 7) is 4.12. The molecule has 5 rings (SSSR count). The monoisotopic (exact) mass is 422 g/mol. The number of benzene rings is 3. The van der Waals surface area contributed by atoms with Gasteiger partial charge in [-0.25, -0.2) is 4.98 Å². The van der Waals surface area contributed by atoms with E-state index in [1.807, 2.05) is 80.7 Å². The fraction of sp³-hybridized carbons (Fsp3) is 0.115. The van der Waals surface area contributed by atoms with Crippen LogP contribution in [-0.4, -0.2) is 20.9 Å². The number of rotatable bonds is 5. The second-order valence-electron chi connectivity index (χ2n) is 7.71. The minimum atomic E-state index is -0.234. The van der Waals surface area contributed by atoms with Crippen LogP contribution in [0.2, 0.25) is 0 Å². The molecule has 1 N–H and O–H groups in total. The van der Waals surface area contributed by atoms with Crippen LogP contribution in [0, 0.1) is 13.8 Å². The van der Waals surface area contributed by atoms with Crippen molar-refractivity contribution in [2.45, 2.75) is 20.5 Å². The lowest BCUT2D eigenvalue weighted by molar-refractivity contribution is 0.285. The number of nitrogens with zero attached hydrogens (tertiary/aromatic N) is 3. The molecule has 2 aromatic heterocycles. The average molecular weight is 422 g/mol. The molecule has 0 saturated heterocycles. The Morgan fingerprint density at radius 1 is 0.969 bits per heavy atom. The van der Waals surface area contributed by atoms with E-state index in [2.05, 4.69) is 15.1 Å². The summed E-state index contributed by atoms with van der Waals surface area (Å²) in [7, 11) is 0. The fourth-order valence-electron chi connectivity index (χ4n) is 3.87. The van der Waals surface area contributed by atoms with Crippen molar-refractivity contribution in [1.82, 2.24) is 14.6 Å². The van der Waals surface area contributed by atoms with E-state index in [1.54, 1.807) is 12.3 Å². The Hall–Kier alpha value is -4.19. The molecule has 0 aliphatic heterocycles. The normalized spacial score (nSPS) is 11.6. The molecular weight excluding hydrogens is 400 g/mol. The lowest BCUT2D eigenvalue weighted by Gasteiger charge is -2.13. The number of hydrogen-bond acceptors (Lipinski definition) is 4. The number of aryl methyl sites for hydroxylation is 2. The Labute approximate surface area is 184 Å². The van der Waals surface area contributed by atoms with Crippen molar-refractivity contribution in [3.05, 3.63) is 106 Å². The lowest BCUT2D eigenvalue weighted by Crippen LogP contribution is -2.23. The molecule has 6 nitrogen and oxygen atoms in total. The predicted octanol–water partition coefficient (Wildman–Crippen LogP) is 4.96. The standard InChI is InChI=1S/C26H22N4O2/c1-17-8-7-9-18(2)25(17)32-16-24-29-22-13-6-5-12-21(22)26(31)30(24)28-15-23-20-11-4-3-10-19(20)14-27-23/h3-15,27H,16H2,1-2H3/b28-15+. The lowest BCUT2D eigenvalue weighted by atomic mass is 10.1. The molecule has 3 aromatic carbocycles. The van der Waals surface area contributed by atoms with Crippen LogP contribution in [0.1, 0.15) is 22.6 Å². The minimum absolute atomic E-state index is 0.120. The van der Waals surface area contributed by atoms with Crippen LogP contribution < -0.4 is 10.3 Å². The number of hydrogen-bond donors (Lipinski definition) is 1. The summed E-state index contributed by atoms with van der Waals surface area (Å²) >= 11 is 0. The highest BCUT2D eigenvalue weighted by Gasteiger charge is 2.13. The zero-order valence-corrected chi connectivity index (χ0v) is 17.9. The third-order valence-electron chi connectivity index (χ3n) is 5.51. The quantitative estimate of drug-likeness (QED) is 0.407. The topological polar surface area (TPSA) is 72.3 Å². The number of para-hydroxylation sites is 2. The van der Waals surface area contributed by atoms with E-state index in [0.29, 0.717) is 16.7 Å². The van der Waals surface area contributed by atoms with Gasteiger partial charge in [-0.3, -0.25) is 4.79 Å². The first-order valence-corrected chi connectivity index (χ1v) is 10.4. The van der Waals surface area contributed by atoms with Gasteiger partial charge in [0.2, 0.25) is 0 Å². The summed E-state index contributed by atoms with van der Waals surface area (Å²) in [5.74, 6) is 1.23. The highest BCUT2D eigenvalue weighted by Crippen LogP contribution is 2.23. The fourth-order valence-corrected chi connectivity index (χ4v) is 3.87. The largest absolute Gasteiger partial charge is 0.485 e. The summed E-state index contributed by atoms with van der Waals surface area (Å²) in [6, 6.07) is 21.3. The van der Waals surface area contributed by atoms with Gasteiger partial charge in [0.1, 0.15) is 12.4 Å². The molecule has 0 fully saturated rings. The molecular formula is C26H22N4O2. The number of fused-ring (bicyclic) bond motifs is 2. The van der Waals surface area contributed by atoms with Gasteiger partial charge in [-0.05, 0) is 42.5 Å². The highest BCUT2D eigenvalue weighted by molar-refractivity contribution is 5.98. The summed E-state index contributed by atoms with van der Waals surface area (Å²) in [5, 5.41) is 7.14. The molecule has 6 heteroatoms. The van der Waals surface area contributed by atoms with Crippen molar-refractivity contribution in [3.8, 4) is 5.75 Å². The Bertz CT molecular complexity index is 1510. The van der Waals surface area contributed by atoms with E-state index in [1.165, 1.54) is 4.68 Å². The molecule has 0 spiro atoms. The first-order chi connectivity index (χ1) is 15.6. The number of H-pyrrole nitrogens is 1. The maximum atomic E-state index is 13.3. The molecule has 0 bridgehead atoms. The highest BCUT2D eigenvalue weighted by atomic mass is 16.5. The first kappa shape index (κ1) is 19.8. The average Bonchev–Trinajstić information content (AvgIpc) is 3.21. The molecule has 0 saturated carbocycles. The van der Waals surface area contributed by atoms with Crippen molar-refractivity contribution in [3.63, 3.8) is 0 Å². The third kappa shape index (κ3) is 3.56.